The van der Waals surface area contributed by atoms with E-state index in [-0.39, 0.29) is 24.6 Å². The SMILES string of the molecule is CN1CCN(CCCn2c3c(c4ccccc42)C[C@@H](C(=O)O)N(C(=O)/C=C/c2ccc(O)cc2)C3)CC1. The summed E-state index contributed by atoms with van der Waals surface area (Å²) in [6.45, 7) is 6.44. The fourth-order valence-electron chi connectivity index (χ4n) is 5.49. The van der Waals surface area contributed by atoms with Crippen molar-refractivity contribution in [3.05, 3.63) is 71.4 Å². The number of likely N-dealkylation sites (N-methyl/N-ethyl adjacent to an activating group) is 1. The maximum absolute atomic E-state index is 13.2. The monoisotopic (exact) mass is 502 g/mol. The van der Waals surface area contributed by atoms with Crippen molar-refractivity contribution in [1.82, 2.24) is 19.3 Å². The van der Waals surface area contributed by atoms with E-state index < -0.39 is 12.0 Å². The first-order valence-electron chi connectivity index (χ1n) is 12.9. The molecule has 37 heavy (non-hydrogen) atoms. The lowest BCUT2D eigenvalue weighted by Crippen LogP contribution is -2.48. The van der Waals surface area contributed by atoms with Gasteiger partial charge < -0.3 is 29.5 Å². The predicted octanol–water partition coefficient (Wildman–Crippen LogP) is 3.04. The van der Waals surface area contributed by atoms with Crippen molar-refractivity contribution in [2.75, 3.05) is 39.8 Å². The number of fused-ring (bicyclic) bond motifs is 3. The number of para-hydroxylation sites is 1. The predicted molar refractivity (Wildman–Crippen MR) is 143 cm³/mol. The fourth-order valence-corrected chi connectivity index (χ4v) is 5.49. The molecule has 0 bridgehead atoms. The minimum Gasteiger partial charge on any atom is -0.508 e. The molecule has 0 spiro atoms. The van der Waals surface area contributed by atoms with E-state index in [1.54, 1.807) is 30.3 Å². The number of carbonyl (C=O) groups excluding carboxylic acids is 1. The maximum atomic E-state index is 13.2. The molecule has 0 radical (unpaired) electrons. The Hall–Kier alpha value is -3.62. The second kappa shape index (κ2) is 10.8. The summed E-state index contributed by atoms with van der Waals surface area (Å²) < 4.78 is 2.29. The number of piperazine rings is 1. The molecule has 1 amide bonds. The average molecular weight is 503 g/mol. The van der Waals surface area contributed by atoms with Crippen LogP contribution in [0.4, 0.5) is 0 Å². The number of carbonyl (C=O) groups is 2. The van der Waals surface area contributed by atoms with Crippen LogP contribution in [0.5, 0.6) is 5.75 Å². The highest BCUT2D eigenvalue weighted by Gasteiger charge is 2.36. The number of carboxylic acids is 1. The second-order valence-electron chi connectivity index (χ2n) is 10.0. The van der Waals surface area contributed by atoms with Crippen molar-refractivity contribution in [3.8, 4) is 5.75 Å². The number of hydrogen-bond donors (Lipinski definition) is 2. The summed E-state index contributed by atoms with van der Waals surface area (Å²) in [6.07, 6.45) is 4.36. The van der Waals surface area contributed by atoms with E-state index in [2.05, 4.69) is 33.5 Å². The lowest BCUT2D eigenvalue weighted by Gasteiger charge is -2.34. The van der Waals surface area contributed by atoms with Gasteiger partial charge in [-0.1, -0.05) is 30.3 Å². The molecule has 2 aliphatic heterocycles. The van der Waals surface area contributed by atoms with Crippen molar-refractivity contribution in [2.24, 2.45) is 0 Å². The normalized spacial score (nSPS) is 18.9. The van der Waals surface area contributed by atoms with Crippen molar-refractivity contribution in [1.29, 1.82) is 0 Å². The van der Waals surface area contributed by atoms with Gasteiger partial charge in [0.2, 0.25) is 5.91 Å². The average Bonchev–Trinajstić information content (AvgIpc) is 3.21. The van der Waals surface area contributed by atoms with E-state index in [0.717, 1.165) is 73.4 Å². The molecule has 5 rings (SSSR count). The Labute approximate surface area is 217 Å². The molecular weight excluding hydrogens is 468 g/mol. The summed E-state index contributed by atoms with van der Waals surface area (Å²) in [5.41, 5.74) is 3.93. The van der Waals surface area contributed by atoms with Crippen LogP contribution < -0.4 is 0 Å². The van der Waals surface area contributed by atoms with Gasteiger partial charge in [-0.2, -0.15) is 0 Å². The van der Waals surface area contributed by atoms with Crippen LogP contribution in [0.15, 0.2) is 54.6 Å². The number of aryl methyl sites for hydroxylation is 1. The van der Waals surface area contributed by atoms with Gasteiger partial charge in [-0.3, -0.25) is 4.79 Å². The first kappa shape index (κ1) is 25.0. The molecule has 3 aromatic rings. The molecule has 1 saturated heterocycles. The van der Waals surface area contributed by atoms with Crippen LogP contribution in [0.2, 0.25) is 0 Å². The van der Waals surface area contributed by atoms with Gasteiger partial charge in [0.05, 0.1) is 6.54 Å². The Morgan fingerprint density at radius 2 is 1.73 bits per heavy atom. The topological polar surface area (TPSA) is 89.3 Å². The van der Waals surface area contributed by atoms with E-state index in [0.29, 0.717) is 0 Å². The molecule has 1 aromatic heterocycles. The van der Waals surface area contributed by atoms with E-state index in [1.165, 1.54) is 11.0 Å². The summed E-state index contributed by atoms with van der Waals surface area (Å²) in [7, 11) is 2.16. The van der Waals surface area contributed by atoms with Crippen molar-refractivity contribution < 1.29 is 19.8 Å². The van der Waals surface area contributed by atoms with Gasteiger partial charge in [-0.15, -0.1) is 0 Å². The Morgan fingerprint density at radius 1 is 1.00 bits per heavy atom. The number of aromatic hydroxyl groups is 1. The van der Waals surface area contributed by atoms with Gasteiger partial charge in [0.25, 0.3) is 0 Å². The third kappa shape index (κ3) is 5.40. The largest absolute Gasteiger partial charge is 0.508 e. The van der Waals surface area contributed by atoms with Crippen LogP contribution in [0.1, 0.15) is 23.2 Å². The van der Waals surface area contributed by atoms with Crippen LogP contribution in [0, 0.1) is 0 Å². The summed E-state index contributed by atoms with van der Waals surface area (Å²) in [5.74, 6) is -1.18. The molecular formula is C29H34N4O4. The van der Waals surface area contributed by atoms with Crippen molar-refractivity contribution in [2.45, 2.75) is 32.0 Å². The van der Waals surface area contributed by atoms with Gasteiger partial charge in [0, 0.05) is 61.8 Å². The highest BCUT2D eigenvalue weighted by Crippen LogP contribution is 2.34. The number of aromatic nitrogens is 1. The first-order chi connectivity index (χ1) is 17.9. The highest BCUT2D eigenvalue weighted by atomic mass is 16.4. The van der Waals surface area contributed by atoms with Gasteiger partial charge in [0.15, 0.2) is 0 Å². The van der Waals surface area contributed by atoms with Gasteiger partial charge in [-0.05, 0) is 55.4 Å². The lowest BCUT2D eigenvalue weighted by molar-refractivity contribution is -0.149. The molecule has 2 aromatic carbocycles. The molecule has 194 valence electrons. The molecule has 0 saturated carbocycles. The number of carboxylic acid groups (broad SMARTS) is 1. The van der Waals surface area contributed by atoms with E-state index in [4.69, 9.17) is 0 Å². The number of amides is 1. The Kier molecular flexibility index (Phi) is 7.30. The van der Waals surface area contributed by atoms with Crippen molar-refractivity contribution >= 4 is 28.9 Å². The molecule has 8 nitrogen and oxygen atoms in total. The van der Waals surface area contributed by atoms with E-state index in [1.807, 2.05) is 12.1 Å². The molecule has 0 aliphatic carbocycles. The summed E-state index contributed by atoms with van der Waals surface area (Å²) in [5, 5.41) is 20.6. The number of hydrogen-bond acceptors (Lipinski definition) is 5. The number of benzene rings is 2. The molecule has 3 heterocycles. The number of rotatable bonds is 7. The van der Waals surface area contributed by atoms with Crippen LogP contribution in [-0.2, 0) is 29.1 Å². The van der Waals surface area contributed by atoms with Crippen LogP contribution in [0.3, 0.4) is 0 Å². The third-order valence-corrected chi connectivity index (χ3v) is 7.62. The zero-order valence-corrected chi connectivity index (χ0v) is 21.2. The molecule has 0 unspecified atom stereocenters. The van der Waals surface area contributed by atoms with Gasteiger partial charge >= 0.3 is 5.97 Å². The summed E-state index contributed by atoms with van der Waals surface area (Å²) >= 11 is 0. The van der Waals surface area contributed by atoms with Crippen LogP contribution in [0.25, 0.3) is 17.0 Å². The Bertz CT molecular complexity index is 1310. The Balaban J connectivity index is 1.39. The minimum absolute atomic E-state index is 0.151. The van der Waals surface area contributed by atoms with Crippen LogP contribution in [-0.4, -0.2) is 87.2 Å². The number of aliphatic carboxylic acids is 1. The molecule has 1 fully saturated rings. The highest BCUT2D eigenvalue weighted by molar-refractivity contribution is 5.96. The minimum atomic E-state index is -0.996. The molecule has 2 N–H and O–H groups in total. The third-order valence-electron chi connectivity index (χ3n) is 7.62. The van der Waals surface area contributed by atoms with Crippen LogP contribution >= 0.6 is 0 Å². The smallest absolute Gasteiger partial charge is 0.326 e. The zero-order valence-electron chi connectivity index (χ0n) is 21.2. The zero-order chi connectivity index (χ0) is 25.9. The van der Waals surface area contributed by atoms with Gasteiger partial charge in [0.1, 0.15) is 11.8 Å². The summed E-state index contributed by atoms with van der Waals surface area (Å²) in [6, 6.07) is 13.8. The van der Waals surface area contributed by atoms with Gasteiger partial charge in [-0.25, -0.2) is 4.79 Å². The first-order valence-corrected chi connectivity index (χ1v) is 12.9. The molecule has 1 atom stereocenters. The Morgan fingerprint density at radius 3 is 2.46 bits per heavy atom. The fraction of sp³-hybridized carbons (Fsp3) is 0.379. The van der Waals surface area contributed by atoms with E-state index >= 15 is 0 Å². The number of phenols is 1. The van der Waals surface area contributed by atoms with Crippen molar-refractivity contribution in [3.63, 3.8) is 0 Å². The number of phenolic OH excluding ortho intramolecular Hbond substituents is 1. The maximum Gasteiger partial charge on any atom is 0.326 e. The lowest BCUT2D eigenvalue weighted by atomic mass is 9.96. The molecule has 2 aliphatic rings. The number of nitrogens with zero attached hydrogens (tertiary/aromatic N) is 4. The summed E-state index contributed by atoms with van der Waals surface area (Å²) in [4.78, 5) is 31.8. The molecule has 8 heteroatoms. The standard InChI is InChI=1S/C29H34N4O4/c1-30-15-17-31(18-16-30)13-4-14-32-25-6-3-2-5-23(25)24-19-26(29(36)37)33(20-27(24)32)28(35)12-9-21-7-10-22(34)11-8-21/h2-3,5-12,26,34H,4,13-20H2,1H3,(H,36,37)/b12-9+/t26-/m0/s1. The quantitative estimate of drug-likeness (QED) is 0.483. The second-order valence-corrected chi connectivity index (χ2v) is 10.0. The van der Waals surface area contributed by atoms with E-state index in [9.17, 15) is 19.8 Å².